The van der Waals surface area contributed by atoms with Gasteiger partial charge in [0.1, 0.15) is 6.04 Å². The lowest BCUT2D eigenvalue weighted by molar-refractivity contribution is -0.141. The van der Waals surface area contributed by atoms with Crippen LogP contribution in [0.4, 0.5) is 0 Å². The van der Waals surface area contributed by atoms with Gasteiger partial charge in [0, 0.05) is 12.4 Å². The Hall–Kier alpha value is -0.750. The van der Waals surface area contributed by atoms with Gasteiger partial charge in [-0.05, 0) is 19.3 Å². The Bertz CT molecular complexity index is 253. The number of carboxylic acids is 1. The van der Waals surface area contributed by atoms with E-state index in [1.807, 2.05) is 0 Å². The van der Waals surface area contributed by atoms with E-state index >= 15 is 0 Å². The third-order valence-electron chi connectivity index (χ3n) is 2.50. The zero-order chi connectivity index (χ0) is 12.0. The summed E-state index contributed by atoms with van der Waals surface area (Å²) < 4.78 is 5.40. The smallest absolute Gasteiger partial charge is 0.327 e. The van der Waals surface area contributed by atoms with Crippen LogP contribution in [0.25, 0.3) is 0 Å². The second-order valence-electron chi connectivity index (χ2n) is 3.83. The summed E-state index contributed by atoms with van der Waals surface area (Å²) in [6.45, 7) is 0.687. The largest absolute Gasteiger partial charge is 0.480 e. The van der Waals surface area contributed by atoms with E-state index in [-0.39, 0.29) is 24.2 Å². The van der Waals surface area contributed by atoms with E-state index in [4.69, 9.17) is 9.84 Å². The van der Waals surface area contributed by atoms with E-state index in [1.54, 1.807) is 0 Å². The van der Waals surface area contributed by atoms with Gasteiger partial charge in [-0.25, -0.2) is 4.79 Å². The number of carboxylic acid groups (broad SMARTS) is 1. The Labute approximate surface area is 100.0 Å². The molecule has 0 aromatic carbocycles. The van der Waals surface area contributed by atoms with Crippen LogP contribution in [0.1, 0.15) is 25.7 Å². The molecule has 1 fully saturated rings. The van der Waals surface area contributed by atoms with Crippen LogP contribution in [0.5, 0.6) is 0 Å². The highest BCUT2D eigenvalue weighted by atomic mass is 32.1. The topological polar surface area (TPSA) is 75.6 Å². The molecule has 0 saturated carbocycles. The van der Waals surface area contributed by atoms with Crippen molar-refractivity contribution in [2.45, 2.75) is 37.8 Å². The van der Waals surface area contributed by atoms with Crippen molar-refractivity contribution in [1.29, 1.82) is 0 Å². The Morgan fingerprint density at radius 3 is 2.75 bits per heavy atom. The zero-order valence-electron chi connectivity index (χ0n) is 9.02. The van der Waals surface area contributed by atoms with E-state index in [1.165, 1.54) is 0 Å². The molecule has 0 spiro atoms. The van der Waals surface area contributed by atoms with E-state index < -0.39 is 12.0 Å². The van der Waals surface area contributed by atoms with Crippen molar-refractivity contribution in [3.63, 3.8) is 0 Å². The highest BCUT2D eigenvalue weighted by Gasteiger charge is 2.22. The van der Waals surface area contributed by atoms with Crippen LogP contribution in [0.2, 0.25) is 0 Å². The lowest BCUT2D eigenvalue weighted by Crippen LogP contribution is -2.43. The summed E-state index contributed by atoms with van der Waals surface area (Å²) in [4.78, 5) is 22.2. The van der Waals surface area contributed by atoms with Gasteiger partial charge < -0.3 is 15.2 Å². The molecular weight excluding hydrogens is 230 g/mol. The molecule has 5 nitrogen and oxygen atoms in total. The molecule has 1 aliphatic heterocycles. The third-order valence-corrected chi connectivity index (χ3v) is 2.87. The average molecular weight is 247 g/mol. The van der Waals surface area contributed by atoms with Gasteiger partial charge in [-0.15, -0.1) is 0 Å². The summed E-state index contributed by atoms with van der Waals surface area (Å²) >= 11 is 3.87. The first-order valence-electron chi connectivity index (χ1n) is 5.38. The first-order chi connectivity index (χ1) is 7.63. The Morgan fingerprint density at radius 1 is 1.50 bits per heavy atom. The van der Waals surface area contributed by atoms with E-state index in [2.05, 4.69) is 17.9 Å². The third kappa shape index (κ3) is 4.40. The molecule has 92 valence electrons. The normalized spacial score (nSPS) is 22.4. The van der Waals surface area contributed by atoms with Crippen LogP contribution < -0.4 is 5.32 Å². The first kappa shape index (κ1) is 13.3. The van der Waals surface area contributed by atoms with Crippen molar-refractivity contribution in [2.75, 3.05) is 12.4 Å². The average Bonchev–Trinajstić information content (AvgIpc) is 2.27. The molecule has 2 unspecified atom stereocenters. The van der Waals surface area contributed by atoms with Crippen LogP contribution in [0.3, 0.4) is 0 Å². The van der Waals surface area contributed by atoms with Gasteiger partial charge in [-0.3, -0.25) is 4.79 Å². The van der Waals surface area contributed by atoms with Crippen LogP contribution in [0.15, 0.2) is 0 Å². The molecule has 2 atom stereocenters. The molecule has 6 heteroatoms. The van der Waals surface area contributed by atoms with Crippen molar-refractivity contribution in [3.8, 4) is 0 Å². The molecule has 1 aliphatic rings. The lowest BCUT2D eigenvalue weighted by Gasteiger charge is -2.22. The SMILES string of the molecule is O=C(CC1CCCCO1)NC(CS)C(=O)O. The second kappa shape index (κ2) is 6.75. The fourth-order valence-corrected chi connectivity index (χ4v) is 1.86. The molecule has 0 aliphatic carbocycles. The minimum atomic E-state index is -1.06. The maximum atomic E-state index is 11.5. The van der Waals surface area contributed by atoms with E-state index in [0.717, 1.165) is 19.3 Å². The molecule has 0 radical (unpaired) electrons. The fraction of sp³-hybridized carbons (Fsp3) is 0.800. The maximum Gasteiger partial charge on any atom is 0.327 e. The van der Waals surface area contributed by atoms with Crippen molar-refractivity contribution in [2.24, 2.45) is 0 Å². The number of hydrogen-bond acceptors (Lipinski definition) is 4. The Morgan fingerprint density at radius 2 is 2.25 bits per heavy atom. The second-order valence-corrected chi connectivity index (χ2v) is 4.20. The predicted octanol–water partition coefficient (Wildman–Crippen LogP) is 0.445. The molecule has 1 heterocycles. The van der Waals surface area contributed by atoms with Crippen molar-refractivity contribution >= 4 is 24.5 Å². The van der Waals surface area contributed by atoms with Crippen LogP contribution in [-0.4, -0.2) is 41.5 Å². The van der Waals surface area contributed by atoms with Gasteiger partial charge in [0.15, 0.2) is 0 Å². The molecule has 1 saturated heterocycles. The van der Waals surface area contributed by atoms with Crippen molar-refractivity contribution < 1.29 is 19.4 Å². The maximum absolute atomic E-state index is 11.5. The fourth-order valence-electron chi connectivity index (χ4n) is 1.61. The molecule has 1 amide bonds. The predicted molar refractivity (Wildman–Crippen MR) is 61.6 cm³/mol. The number of carbonyl (C=O) groups is 2. The quantitative estimate of drug-likeness (QED) is 0.616. The monoisotopic (exact) mass is 247 g/mol. The number of thiol groups is 1. The summed E-state index contributed by atoms with van der Waals surface area (Å²) in [7, 11) is 0. The summed E-state index contributed by atoms with van der Waals surface area (Å²) in [5, 5.41) is 11.2. The Kier molecular flexibility index (Phi) is 5.62. The summed E-state index contributed by atoms with van der Waals surface area (Å²) in [5.74, 6) is -1.26. The number of hydrogen-bond donors (Lipinski definition) is 3. The highest BCUT2D eigenvalue weighted by molar-refractivity contribution is 7.80. The minimum Gasteiger partial charge on any atom is -0.480 e. The molecule has 0 aromatic heterocycles. The zero-order valence-corrected chi connectivity index (χ0v) is 9.91. The van der Waals surface area contributed by atoms with Crippen molar-refractivity contribution in [3.05, 3.63) is 0 Å². The number of nitrogens with one attached hydrogen (secondary N) is 1. The highest BCUT2D eigenvalue weighted by Crippen LogP contribution is 2.15. The van der Waals surface area contributed by atoms with Crippen molar-refractivity contribution in [1.82, 2.24) is 5.32 Å². The molecule has 0 bridgehead atoms. The van der Waals surface area contributed by atoms with Gasteiger partial charge in [0.25, 0.3) is 0 Å². The van der Waals surface area contributed by atoms with Gasteiger partial charge >= 0.3 is 5.97 Å². The summed E-state index contributed by atoms with van der Waals surface area (Å²) in [5.41, 5.74) is 0. The van der Waals surface area contributed by atoms with Crippen LogP contribution in [0, 0.1) is 0 Å². The summed E-state index contributed by atoms with van der Waals surface area (Å²) in [6.07, 6.45) is 3.13. The van der Waals surface area contributed by atoms with Gasteiger partial charge in [-0.2, -0.15) is 12.6 Å². The number of ether oxygens (including phenoxy) is 1. The van der Waals surface area contributed by atoms with Crippen LogP contribution in [-0.2, 0) is 14.3 Å². The molecule has 16 heavy (non-hydrogen) atoms. The number of rotatable bonds is 5. The van der Waals surface area contributed by atoms with Crippen LogP contribution >= 0.6 is 12.6 Å². The number of amides is 1. The first-order valence-corrected chi connectivity index (χ1v) is 6.01. The standard InChI is InChI=1S/C10H17NO4S/c12-9(11-8(6-16)10(13)14)5-7-3-1-2-4-15-7/h7-8,16H,1-6H2,(H,11,12)(H,13,14). The Balaban J connectivity index is 2.31. The van der Waals surface area contributed by atoms with E-state index in [9.17, 15) is 9.59 Å². The van der Waals surface area contributed by atoms with Gasteiger partial charge in [0.2, 0.25) is 5.91 Å². The van der Waals surface area contributed by atoms with E-state index in [0.29, 0.717) is 6.61 Å². The minimum absolute atomic E-state index is 0.0666. The lowest BCUT2D eigenvalue weighted by atomic mass is 10.1. The molecule has 2 N–H and O–H groups in total. The van der Waals surface area contributed by atoms with Gasteiger partial charge in [-0.1, -0.05) is 0 Å². The summed E-state index contributed by atoms with van der Waals surface area (Å²) in [6, 6.07) is -0.917. The van der Waals surface area contributed by atoms with Gasteiger partial charge in [0.05, 0.1) is 12.5 Å². The number of carbonyl (C=O) groups excluding carboxylic acids is 1. The molecule has 0 aromatic rings. The molecular formula is C10H17NO4S. The molecule has 1 rings (SSSR count). The number of aliphatic carboxylic acids is 1.